The standard InChI is InChI=1S/C9H14O6/c1-6(12)9(14,3-4-10)8(5-11)15-7(2)13/h4,8,11,14H,3,5H2,1-2H3. The van der Waals surface area contributed by atoms with E-state index in [1.165, 1.54) is 0 Å². The Morgan fingerprint density at radius 1 is 1.47 bits per heavy atom. The monoisotopic (exact) mass is 218 g/mol. The molecule has 0 aromatic rings. The van der Waals surface area contributed by atoms with Crippen LogP contribution in [0.5, 0.6) is 0 Å². The van der Waals surface area contributed by atoms with Gasteiger partial charge in [-0.1, -0.05) is 0 Å². The van der Waals surface area contributed by atoms with Gasteiger partial charge in [0.05, 0.1) is 6.61 Å². The van der Waals surface area contributed by atoms with Crippen molar-refractivity contribution in [3.8, 4) is 0 Å². The molecule has 2 atom stereocenters. The van der Waals surface area contributed by atoms with E-state index < -0.39 is 36.5 Å². The zero-order chi connectivity index (χ0) is 12.1. The molecule has 86 valence electrons. The van der Waals surface area contributed by atoms with Gasteiger partial charge in [-0.2, -0.15) is 0 Å². The van der Waals surface area contributed by atoms with Gasteiger partial charge < -0.3 is 19.7 Å². The summed E-state index contributed by atoms with van der Waals surface area (Å²) in [6, 6.07) is 0. The number of carbonyl (C=O) groups excluding carboxylic acids is 3. The maximum atomic E-state index is 11.1. The molecule has 2 unspecified atom stereocenters. The summed E-state index contributed by atoms with van der Waals surface area (Å²) in [5, 5.41) is 18.7. The molecule has 0 aliphatic heterocycles. The van der Waals surface area contributed by atoms with E-state index in [1.54, 1.807) is 0 Å². The lowest BCUT2D eigenvalue weighted by molar-refractivity contribution is -0.175. The van der Waals surface area contributed by atoms with Crippen LogP contribution in [0.15, 0.2) is 0 Å². The van der Waals surface area contributed by atoms with Gasteiger partial charge in [-0.05, 0) is 6.92 Å². The van der Waals surface area contributed by atoms with E-state index in [-0.39, 0.29) is 0 Å². The topological polar surface area (TPSA) is 101 Å². The Morgan fingerprint density at radius 2 is 2.00 bits per heavy atom. The van der Waals surface area contributed by atoms with E-state index in [1.807, 2.05) is 0 Å². The van der Waals surface area contributed by atoms with Crippen LogP contribution in [0.2, 0.25) is 0 Å². The minimum Gasteiger partial charge on any atom is -0.457 e. The number of hydrogen-bond acceptors (Lipinski definition) is 6. The first-order valence-electron chi connectivity index (χ1n) is 4.33. The molecule has 0 radical (unpaired) electrons. The van der Waals surface area contributed by atoms with Crippen LogP contribution in [0.3, 0.4) is 0 Å². The van der Waals surface area contributed by atoms with Crippen LogP contribution in [-0.4, -0.2) is 46.6 Å². The first kappa shape index (κ1) is 13.7. The first-order valence-corrected chi connectivity index (χ1v) is 4.33. The van der Waals surface area contributed by atoms with Crippen molar-refractivity contribution in [3.63, 3.8) is 0 Å². The number of rotatable bonds is 6. The second-order valence-electron chi connectivity index (χ2n) is 3.13. The maximum Gasteiger partial charge on any atom is 0.303 e. The van der Waals surface area contributed by atoms with Crippen molar-refractivity contribution in [1.82, 2.24) is 0 Å². The fraction of sp³-hybridized carbons (Fsp3) is 0.667. The average molecular weight is 218 g/mol. The molecule has 6 nitrogen and oxygen atoms in total. The summed E-state index contributed by atoms with van der Waals surface area (Å²) < 4.78 is 4.56. The number of Topliss-reactive ketones (excluding diaryl/α,β-unsaturated/α-hetero) is 1. The van der Waals surface area contributed by atoms with Gasteiger partial charge in [0.25, 0.3) is 0 Å². The molecule has 0 rings (SSSR count). The molecule has 0 saturated carbocycles. The van der Waals surface area contributed by atoms with Crippen LogP contribution in [0, 0.1) is 0 Å². The molecule has 0 aromatic heterocycles. The van der Waals surface area contributed by atoms with E-state index in [0.717, 1.165) is 13.8 Å². The molecular formula is C9H14O6. The van der Waals surface area contributed by atoms with Crippen molar-refractivity contribution in [2.75, 3.05) is 6.61 Å². The largest absolute Gasteiger partial charge is 0.457 e. The molecule has 0 bridgehead atoms. The fourth-order valence-electron chi connectivity index (χ4n) is 1.12. The van der Waals surface area contributed by atoms with Crippen molar-refractivity contribution < 1.29 is 29.3 Å². The number of ether oxygens (including phenoxy) is 1. The molecule has 0 aromatic carbocycles. The van der Waals surface area contributed by atoms with Gasteiger partial charge in [-0.15, -0.1) is 0 Å². The summed E-state index contributed by atoms with van der Waals surface area (Å²) in [7, 11) is 0. The Morgan fingerprint density at radius 3 is 2.27 bits per heavy atom. The molecule has 0 amide bonds. The SMILES string of the molecule is CC(=O)OC(CO)C(O)(CC=O)C(C)=O. The van der Waals surface area contributed by atoms with Crippen molar-refractivity contribution in [3.05, 3.63) is 0 Å². The number of hydrogen-bond donors (Lipinski definition) is 2. The summed E-state index contributed by atoms with van der Waals surface area (Å²) in [4.78, 5) is 32.1. The predicted octanol–water partition coefficient (Wildman–Crippen LogP) is -1.18. The molecule has 0 aliphatic carbocycles. The highest BCUT2D eigenvalue weighted by Crippen LogP contribution is 2.19. The lowest BCUT2D eigenvalue weighted by Gasteiger charge is -2.30. The minimum absolute atomic E-state index is 0.327. The fourth-order valence-corrected chi connectivity index (χ4v) is 1.12. The van der Waals surface area contributed by atoms with Gasteiger partial charge in [0.15, 0.2) is 17.5 Å². The number of aliphatic hydroxyl groups is 2. The quantitative estimate of drug-likeness (QED) is 0.430. The molecule has 2 N–H and O–H groups in total. The number of esters is 1. The highest BCUT2D eigenvalue weighted by Gasteiger charge is 2.43. The van der Waals surface area contributed by atoms with Crippen molar-refractivity contribution >= 4 is 18.0 Å². The zero-order valence-electron chi connectivity index (χ0n) is 8.60. The van der Waals surface area contributed by atoms with Crippen molar-refractivity contribution in [2.45, 2.75) is 32.0 Å². The Kier molecular flexibility index (Phi) is 5.10. The number of ketones is 1. The van der Waals surface area contributed by atoms with Gasteiger partial charge >= 0.3 is 5.97 Å². The van der Waals surface area contributed by atoms with Crippen LogP contribution < -0.4 is 0 Å². The second kappa shape index (κ2) is 5.57. The summed E-state index contributed by atoms with van der Waals surface area (Å²) in [5.41, 5.74) is -2.15. The van der Waals surface area contributed by atoms with Gasteiger partial charge in [0, 0.05) is 13.3 Å². The minimum atomic E-state index is -2.15. The van der Waals surface area contributed by atoms with E-state index >= 15 is 0 Å². The van der Waals surface area contributed by atoms with E-state index in [2.05, 4.69) is 4.74 Å². The lowest BCUT2D eigenvalue weighted by Crippen LogP contribution is -2.52. The van der Waals surface area contributed by atoms with Crippen LogP contribution in [0.25, 0.3) is 0 Å². The molecule has 0 heterocycles. The van der Waals surface area contributed by atoms with Gasteiger partial charge in [0.2, 0.25) is 0 Å². The molecule has 0 aliphatic rings. The molecule has 0 spiro atoms. The Bertz CT molecular complexity index is 261. The highest BCUT2D eigenvalue weighted by atomic mass is 16.6. The predicted molar refractivity (Wildman–Crippen MR) is 49.0 cm³/mol. The highest BCUT2D eigenvalue weighted by molar-refractivity contribution is 5.88. The van der Waals surface area contributed by atoms with Crippen LogP contribution in [0.1, 0.15) is 20.3 Å². The molecular weight excluding hydrogens is 204 g/mol. The Hall–Kier alpha value is -1.27. The third-order valence-corrected chi connectivity index (χ3v) is 2.01. The van der Waals surface area contributed by atoms with Gasteiger partial charge in [-0.25, -0.2) is 0 Å². The van der Waals surface area contributed by atoms with E-state index in [0.29, 0.717) is 6.29 Å². The van der Waals surface area contributed by atoms with Crippen LogP contribution in [-0.2, 0) is 19.1 Å². The van der Waals surface area contributed by atoms with Crippen LogP contribution >= 0.6 is 0 Å². The Labute approximate surface area is 86.8 Å². The molecule has 6 heteroatoms. The zero-order valence-corrected chi connectivity index (χ0v) is 8.60. The number of carbonyl (C=O) groups is 3. The van der Waals surface area contributed by atoms with Gasteiger partial charge in [0.1, 0.15) is 6.29 Å². The molecule has 0 saturated heterocycles. The normalized spacial score (nSPS) is 16.3. The molecule has 15 heavy (non-hydrogen) atoms. The smallest absolute Gasteiger partial charge is 0.303 e. The second-order valence-corrected chi connectivity index (χ2v) is 3.13. The summed E-state index contributed by atoms with van der Waals surface area (Å²) in [6.07, 6.45) is -1.62. The Balaban J connectivity index is 4.92. The average Bonchev–Trinajstić information content (AvgIpc) is 2.13. The number of aldehydes is 1. The van der Waals surface area contributed by atoms with Gasteiger partial charge in [-0.3, -0.25) is 9.59 Å². The molecule has 0 fully saturated rings. The van der Waals surface area contributed by atoms with Crippen LogP contribution in [0.4, 0.5) is 0 Å². The number of aliphatic hydroxyl groups excluding tert-OH is 1. The van der Waals surface area contributed by atoms with Crippen molar-refractivity contribution in [2.24, 2.45) is 0 Å². The van der Waals surface area contributed by atoms with E-state index in [4.69, 9.17) is 5.11 Å². The first-order chi connectivity index (χ1) is 6.88. The summed E-state index contributed by atoms with van der Waals surface area (Å²) in [6.45, 7) is 1.39. The summed E-state index contributed by atoms with van der Waals surface area (Å²) >= 11 is 0. The third kappa shape index (κ3) is 3.41. The summed E-state index contributed by atoms with van der Waals surface area (Å²) in [5.74, 6) is -1.49. The van der Waals surface area contributed by atoms with Crippen molar-refractivity contribution in [1.29, 1.82) is 0 Å². The lowest BCUT2D eigenvalue weighted by atomic mass is 9.89. The maximum absolute atomic E-state index is 11.1. The van der Waals surface area contributed by atoms with E-state index in [9.17, 15) is 19.5 Å². The third-order valence-electron chi connectivity index (χ3n) is 2.01.